The predicted octanol–water partition coefficient (Wildman–Crippen LogP) is 4.68. The molecule has 0 bridgehead atoms. The zero-order valence-corrected chi connectivity index (χ0v) is 47.0. The minimum atomic E-state index is -2.13. The number of aliphatic hydroxyl groups excluding tert-OH is 2. The van der Waals surface area contributed by atoms with Crippen LogP contribution in [-0.2, 0) is 71.1 Å². The summed E-state index contributed by atoms with van der Waals surface area (Å²) < 4.78 is 51.2. The molecule has 4 aromatic rings. The first-order valence-electron chi connectivity index (χ1n) is 28.4. The molecule has 2 saturated heterocycles. The molecule has 2 unspecified atom stereocenters. The van der Waals surface area contributed by atoms with Crippen LogP contribution in [0.4, 0.5) is 0 Å². The Labute approximate surface area is 476 Å². The molecule has 6 fully saturated rings. The number of fused-ring (bicyclic) bond motifs is 16. The largest absolute Gasteiger partial charge is 0.508 e. The number of carbonyl (C=O) groups excluding carboxylic acids is 6. The molecule has 0 radical (unpaired) electrons. The van der Waals surface area contributed by atoms with E-state index >= 15 is 0 Å². The monoisotopic (exact) mass is 1140 g/mol. The highest BCUT2D eigenvalue weighted by Gasteiger charge is 2.83. The maximum atomic E-state index is 14.5. The van der Waals surface area contributed by atoms with Crippen molar-refractivity contribution in [2.75, 3.05) is 0 Å². The molecule has 5 heterocycles. The van der Waals surface area contributed by atoms with Gasteiger partial charge in [0.2, 0.25) is 5.91 Å². The van der Waals surface area contributed by atoms with Gasteiger partial charge in [-0.15, -0.1) is 5.10 Å². The number of carbonyl (C=O) groups is 6. The summed E-state index contributed by atoms with van der Waals surface area (Å²) in [5.41, 5.74) is -4.96. The van der Waals surface area contributed by atoms with E-state index in [1.807, 2.05) is 32.9 Å². The van der Waals surface area contributed by atoms with E-state index in [-0.39, 0.29) is 37.5 Å². The molecule has 83 heavy (non-hydrogen) atoms. The van der Waals surface area contributed by atoms with Crippen molar-refractivity contribution in [3.05, 3.63) is 107 Å². The van der Waals surface area contributed by atoms with Crippen molar-refractivity contribution >= 4 is 35.8 Å². The number of aromatic nitrogens is 3. The first kappa shape index (κ1) is 54.8. The van der Waals surface area contributed by atoms with Crippen molar-refractivity contribution in [3.63, 3.8) is 0 Å². The number of amides is 1. The van der Waals surface area contributed by atoms with E-state index in [9.17, 15) is 49.2 Å². The van der Waals surface area contributed by atoms with Crippen LogP contribution in [-0.4, -0.2) is 126 Å². The number of aryl methyl sites for hydroxylation is 1. The maximum Gasteiger partial charge on any atom is 0.343 e. The molecule has 4 saturated carbocycles. The molecule has 3 aromatic carbocycles. The highest BCUT2D eigenvalue weighted by Crippen LogP contribution is 2.76. The van der Waals surface area contributed by atoms with Gasteiger partial charge in [-0.3, -0.25) is 23.9 Å². The topological polar surface area (TPSA) is 303 Å². The number of esters is 5. The highest BCUT2D eigenvalue weighted by atomic mass is 16.6. The summed E-state index contributed by atoms with van der Waals surface area (Å²) in [6, 6.07) is 15.9. The molecular formula is C61H66N4O18. The van der Waals surface area contributed by atoms with E-state index in [2.05, 4.69) is 15.6 Å². The number of hydrogen-bond acceptors (Lipinski definition) is 20. The quantitative estimate of drug-likeness (QED) is 0.0773. The van der Waals surface area contributed by atoms with Crippen LogP contribution in [0, 0.1) is 57.7 Å². The molecular weight excluding hydrogens is 1080 g/mol. The van der Waals surface area contributed by atoms with E-state index in [1.165, 1.54) is 39.8 Å². The van der Waals surface area contributed by atoms with Crippen LogP contribution in [0.15, 0.2) is 78.7 Å². The van der Waals surface area contributed by atoms with Gasteiger partial charge in [0.1, 0.15) is 65.5 Å². The lowest BCUT2D eigenvalue weighted by atomic mass is 9.40. The van der Waals surface area contributed by atoms with Crippen molar-refractivity contribution in [1.29, 1.82) is 0 Å². The minimum Gasteiger partial charge on any atom is -0.508 e. The molecule has 1 amide bonds. The summed E-state index contributed by atoms with van der Waals surface area (Å²) in [6.45, 7) is 12.6. The standard InChI is InChI=1S/C61H66N4O18/c1-26-20-41-59(7,60(8,75)56(74)82-41)47-44(26)58(6)45(50(47)72)43-46(52(77-27(2)66)54(58)79-29(4)68)57(5)37(23-40-51(81-40)53(57)78-28(3)67)48(49(43)71)62-42(70)14-11-19-65-24-30(63-64-65)25-76-32-16-18-36-39(22-32)80-38-21-31(69)15-17-35(38)61(36)34-13-10-9-12-33(34)55(73)83-61/h9-10,12-13,15-18,20-22,24,26,37,40,43-54,69,71-72,75H,11,14,19,23,25H2,1-8H3,(H,62,70)/t26-,37-,40+,43+,44+,45-,46-,47?,48+,49-,50-,51+,52+,53+,54+,57+,58-,59+,60-,61?/m1/s1. The van der Waals surface area contributed by atoms with Gasteiger partial charge in [-0.05, 0) is 86.8 Å². The van der Waals surface area contributed by atoms with Gasteiger partial charge in [0.15, 0.2) is 11.2 Å². The normalized spacial score (nSPS) is 39.7. The molecule has 22 nitrogen and oxygen atoms in total. The van der Waals surface area contributed by atoms with E-state index < -0.39 is 153 Å². The Morgan fingerprint density at radius 2 is 1.51 bits per heavy atom. The van der Waals surface area contributed by atoms with Crippen molar-refractivity contribution in [2.45, 2.75) is 148 Å². The highest BCUT2D eigenvalue weighted by molar-refractivity contribution is 5.97. The molecule has 20 atom stereocenters. The van der Waals surface area contributed by atoms with Crippen LogP contribution in [0.1, 0.15) is 107 Å². The van der Waals surface area contributed by atoms with Gasteiger partial charge in [0, 0.05) is 91.1 Å². The number of benzene rings is 3. The number of ether oxygens (including phenoxy) is 8. The summed E-state index contributed by atoms with van der Waals surface area (Å²) >= 11 is 0. The van der Waals surface area contributed by atoms with Crippen molar-refractivity contribution in [3.8, 4) is 23.0 Å². The van der Waals surface area contributed by atoms with Crippen LogP contribution in [0.2, 0.25) is 0 Å². The van der Waals surface area contributed by atoms with Crippen LogP contribution in [0.25, 0.3) is 0 Å². The third kappa shape index (κ3) is 7.73. The molecule has 13 rings (SSSR count). The molecule has 22 heteroatoms. The number of phenolic OH excluding ortho intramolecular Hbond substituents is 1. The average Bonchev–Trinajstić information content (AvgIpc) is 1.60. The summed E-state index contributed by atoms with van der Waals surface area (Å²) in [6.07, 6.45) is -3.54. The fraction of sp³-hybridized carbons (Fsp3) is 0.541. The predicted molar refractivity (Wildman–Crippen MR) is 283 cm³/mol. The number of hydrogen-bond donors (Lipinski definition) is 5. The smallest absolute Gasteiger partial charge is 0.343 e. The Morgan fingerprint density at radius 1 is 0.807 bits per heavy atom. The SMILES string of the molecule is CC(=O)O[C@H]1[C@H]2[C@@H]([C@@H](O)[C@@H](NC(=O)CCCn3cc(COc4ccc5c(c4)Oc4cc(O)ccc4C54OC(=O)c5ccccc54)nn3)[C@H]3C[C@@H]4O[C@@H]4[C@H](OC(C)=O)[C@]23C)[C@@H]2[C@@H](O)C3[C@H]([C@H](C)C=C4OC(=O)[C@@](C)(O)[C@@]43C)[C@@]2(C)[C@H]1OC(C)=O. The van der Waals surface area contributed by atoms with Gasteiger partial charge in [-0.1, -0.05) is 44.2 Å². The first-order chi connectivity index (χ1) is 39.3. The third-order valence-electron chi connectivity index (χ3n) is 20.8. The lowest BCUT2D eigenvalue weighted by molar-refractivity contribution is -0.285. The Morgan fingerprint density at radius 3 is 2.24 bits per heavy atom. The first-order valence-corrected chi connectivity index (χ1v) is 28.4. The van der Waals surface area contributed by atoms with Crippen molar-refractivity contribution in [2.24, 2.45) is 57.7 Å². The Hall–Kier alpha value is -7.40. The van der Waals surface area contributed by atoms with Gasteiger partial charge in [-0.25, -0.2) is 9.59 Å². The lowest BCUT2D eigenvalue weighted by Crippen LogP contribution is -2.77. The van der Waals surface area contributed by atoms with Gasteiger partial charge in [0.05, 0.1) is 41.5 Å². The summed E-state index contributed by atoms with van der Waals surface area (Å²) in [5.74, 6) is -8.57. The lowest BCUT2D eigenvalue weighted by Gasteiger charge is -2.67. The van der Waals surface area contributed by atoms with Crippen LogP contribution in [0.3, 0.4) is 0 Å². The number of allylic oxidation sites excluding steroid dienone is 1. The van der Waals surface area contributed by atoms with E-state index in [1.54, 1.807) is 60.3 Å². The van der Waals surface area contributed by atoms with E-state index in [4.69, 9.17) is 37.9 Å². The number of nitrogens with zero attached hydrogens (tertiary/aromatic N) is 3. The Kier molecular flexibility index (Phi) is 12.4. The molecule has 1 aromatic heterocycles. The fourth-order valence-electron chi connectivity index (χ4n) is 17.5. The van der Waals surface area contributed by atoms with Gasteiger partial charge >= 0.3 is 29.8 Å². The number of phenols is 1. The third-order valence-corrected chi connectivity index (χ3v) is 20.8. The zero-order valence-electron chi connectivity index (χ0n) is 47.0. The molecule has 5 N–H and O–H groups in total. The average molecular weight is 1140 g/mol. The van der Waals surface area contributed by atoms with Crippen molar-refractivity contribution < 1.29 is 87.1 Å². The number of nitrogens with one attached hydrogen (secondary N) is 1. The molecule has 1 spiro atoms. The maximum absolute atomic E-state index is 14.5. The van der Waals surface area contributed by atoms with E-state index in [0.29, 0.717) is 51.6 Å². The Bertz CT molecular complexity index is 3470. The number of aromatic hydroxyl groups is 1. The minimum absolute atomic E-state index is 0.00138. The fourth-order valence-corrected chi connectivity index (χ4v) is 17.5. The van der Waals surface area contributed by atoms with E-state index in [0.717, 1.165) is 0 Å². The summed E-state index contributed by atoms with van der Waals surface area (Å²) in [4.78, 5) is 81.4. The second kappa shape index (κ2) is 18.8. The second-order valence-corrected chi connectivity index (χ2v) is 25.1. The zero-order chi connectivity index (χ0) is 58.8. The van der Waals surface area contributed by atoms with Crippen LogP contribution in [0.5, 0.6) is 23.0 Å². The second-order valence-electron chi connectivity index (χ2n) is 25.1. The number of aliphatic hydroxyl groups is 3. The summed E-state index contributed by atoms with van der Waals surface area (Å²) in [7, 11) is 0. The van der Waals surface area contributed by atoms with Crippen LogP contribution < -0.4 is 14.8 Å². The molecule has 5 aliphatic carbocycles. The van der Waals surface area contributed by atoms with Crippen LogP contribution >= 0.6 is 0 Å². The van der Waals surface area contributed by atoms with Crippen molar-refractivity contribution in [1.82, 2.24) is 20.3 Å². The van der Waals surface area contributed by atoms with Gasteiger partial charge in [-0.2, -0.15) is 0 Å². The number of rotatable bonds is 11. The molecule has 4 aliphatic heterocycles. The summed E-state index contributed by atoms with van der Waals surface area (Å²) in [5, 5.41) is 60.9. The molecule has 9 aliphatic rings. The van der Waals surface area contributed by atoms with Gasteiger partial charge in [0.25, 0.3) is 0 Å². The Balaban J connectivity index is 0.762. The molecule has 438 valence electrons. The number of epoxide rings is 1. The van der Waals surface area contributed by atoms with Gasteiger partial charge < -0.3 is 63.6 Å².